The average Bonchev–Trinajstić information content (AvgIpc) is 3.22. The third kappa shape index (κ3) is 4.28. The van der Waals surface area contributed by atoms with Crippen molar-refractivity contribution in [2.45, 2.75) is 19.9 Å². The van der Waals surface area contributed by atoms with Crippen LogP contribution in [0.2, 0.25) is 5.02 Å². The molecule has 0 saturated heterocycles. The first-order valence-corrected chi connectivity index (χ1v) is 11.0. The first kappa shape index (κ1) is 21.7. The fourth-order valence-corrected chi connectivity index (χ4v) is 4.46. The number of carbonyl (C=O) groups is 2. The van der Waals surface area contributed by atoms with Crippen molar-refractivity contribution in [1.82, 2.24) is 14.9 Å². The number of nitrogens with zero attached hydrogens (tertiary/aromatic N) is 2. The van der Waals surface area contributed by atoms with Crippen LogP contribution in [0.15, 0.2) is 65.6 Å². The summed E-state index contributed by atoms with van der Waals surface area (Å²) in [5.74, 6) is -0.619. The summed E-state index contributed by atoms with van der Waals surface area (Å²) in [4.78, 5) is 41.9. The Hall–Kier alpha value is -3.49. The van der Waals surface area contributed by atoms with E-state index in [4.69, 9.17) is 11.6 Å². The molecule has 1 atom stereocenters. The summed E-state index contributed by atoms with van der Waals surface area (Å²) in [5.41, 5.74) is 1.01. The van der Waals surface area contributed by atoms with E-state index < -0.39 is 6.04 Å². The van der Waals surface area contributed by atoms with Gasteiger partial charge in [-0.25, -0.2) is 4.98 Å². The molecule has 4 aromatic rings. The zero-order valence-electron chi connectivity index (χ0n) is 17.3. The van der Waals surface area contributed by atoms with Crippen LogP contribution < -0.4 is 16.2 Å². The molecule has 1 unspecified atom stereocenters. The van der Waals surface area contributed by atoms with E-state index in [0.717, 1.165) is 11.3 Å². The molecular weight excluding hydrogens is 448 g/mol. The number of thiazole rings is 1. The summed E-state index contributed by atoms with van der Waals surface area (Å²) in [6.45, 7) is 3.18. The fraction of sp³-hybridized carbons (Fsp3) is 0.130. The Morgan fingerprint density at radius 2 is 1.88 bits per heavy atom. The van der Waals surface area contributed by atoms with Gasteiger partial charge in [-0.2, -0.15) is 0 Å². The van der Waals surface area contributed by atoms with Crippen LogP contribution in [0.25, 0.3) is 16.5 Å². The topological polar surface area (TPSA) is 93.1 Å². The molecule has 4 rings (SSSR count). The van der Waals surface area contributed by atoms with Gasteiger partial charge >= 0.3 is 0 Å². The van der Waals surface area contributed by atoms with Crippen LogP contribution >= 0.6 is 22.9 Å². The number of nitrogens with one attached hydrogen (secondary N) is 2. The number of para-hydroxylation sites is 1. The highest BCUT2D eigenvalue weighted by Gasteiger charge is 2.20. The number of anilines is 1. The summed E-state index contributed by atoms with van der Waals surface area (Å²) in [7, 11) is 0. The van der Waals surface area contributed by atoms with Gasteiger partial charge in [0, 0.05) is 18.3 Å². The lowest BCUT2D eigenvalue weighted by Crippen LogP contribution is -2.31. The molecule has 2 aromatic carbocycles. The minimum Gasteiger partial charge on any atom is -0.343 e. The standard InChI is InChI=1S/C23H19ClN4O3S/c1-13(26-21(30)19-12-25-23(32-19)27-14(2)29)18-11-15-7-6-10-17(24)20(15)22(31)28(18)16-8-4-3-5-9-16/h3-13H,1-2H3,(H,26,30)(H,25,27,29). The van der Waals surface area contributed by atoms with Gasteiger partial charge in [0.2, 0.25) is 5.91 Å². The highest BCUT2D eigenvalue weighted by Crippen LogP contribution is 2.26. The van der Waals surface area contributed by atoms with Crippen LogP contribution in [-0.4, -0.2) is 21.4 Å². The summed E-state index contributed by atoms with van der Waals surface area (Å²) >= 11 is 7.41. The number of halogens is 1. The maximum atomic E-state index is 13.5. The molecule has 7 nitrogen and oxygen atoms in total. The molecule has 2 amide bonds. The summed E-state index contributed by atoms with van der Waals surface area (Å²) in [5, 5.41) is 7.31. The summed E-state index contributed by atoms with van der Waals surface area (Å²) in [6.07, 6.45) is 1.41. The smallest absolute Gasteiger partial charge is 0.264 e. The Morgan fingerprint density at radius 3 is 2.59 bits per heavy atom. The van der Waals surface area contributed by atoms with Crippen molar-refractivity contribution < 1.29 is 9.59 Å². The van der Waals surface area contributed by atoms with Crippen molar-refractivity contribution >= 4 is 50.7 Å². The minimum absolute atomic E-state index is 0.263. The first-order chi connectivity index (χ1) is 15.3. The van der Waals surface area contributed by atoms with E-state index in [-0.39, 0.29) is 17.4 Å². The van der Waals surface area contributed by atoms with Gasteiger partial charge in [-0.15, -0.1) is 0 Å². The predicted molar refractivity (Wildman–Crippen MR) is 127 cm³/mol. The summed E-state index contributed by atoms with van der Waals surface area (Å²) < 4.78 is 1.56. The van der Waals surface area contributed by atoms with E-state index in [9.17, 15) is 14.4 Å². The maximum absolute atomic E-state index is 13.5. The third-order valence-electron chi connectivity index (χ3n) is 4.84. The van der Waals surface area contributed by atoms with Crippen LogP contribution in [0, 0.1) is 0 Å². The second-order valence-corrected chi connectivity index (χ2v) is 8.59. The zero-order chi connectivity index (χ0) is 22.8. The van der Waals surface area contributed by atoms with Gasteiger partial charge in [0.05, 0.1) is 22.6 Å². The molecule has 9 heteroatoms. The zero-order valence-corrected chi connectivity index (χ0v) is 18.8. The Bertz CT molecular complexity index is 1380. The predicted octanol–water partition coefficient (Wildman–Crippen LogP) is 4.55. The molecule has 2 aromatic heterocycles. The Kier molecular flexibility index (Phi) is 6.07. The highest BCUT2D eigenvalue weighted by molar-refractivity contribution is 7.17. The number of hydrogen-bond donors (Lipinski definition) is 2. The van der Waals surface area contributed by atoms with Crippen molar-refractivity contribution in [3.8, 4) is 5.69 Å². The molecule has 0 radical (unpaired) electrons. The van der Waals surface area contributed by atoms with E-state index in [1.807, 2.05) is 42.5 Å². The molecule has 32 heavy (non-hydrogen) atoms. The lowest BCUT2D eigenvalue weighted by Gasteiger charge is -2.21. The van der Waals surface area contributed by atoms with Gasteiger partial charge in [0.15, 0.2) is 5.13 Å². The lowest BCUT2D eigenvalue weighted by molar-refractivity contribution is -0.114. The van der Waals surface area contributed by atoms with E-state index in [0.29, 0.717) is 37.2 Å². The molecule has 0 bridgehead atoms. The van der Waals surface area contributed by atoms with Crippen molar-refractivity contribution in [2.75, 3.05) is 5.32 Å². The van der Waals surface area contributed by atoms with Gasteiger partial charge in [-0.3, -0.25) is 19.0 Å². The second-order valence-electron chi connectivity index (χ2n) is 7.16. The third-order valence-corrected chi connectivity index (χ3v) is 6.07. The molecule has 162 valence electrons. The van der Waals surface area contributed by atoms with E-state index in [1.54, 1.807) is 23.6 Å². The van der Waals surface area contributed by atoms with Crippen LogP contribution in [0.1, 0.15) is 35.3 Å². The molecule has 0 fully saturated rings. The van der Waals surface area contributed by atoms with Crippen LogP contribution in [0.5, 0.6) is 0 Å². The molecule has 0 aliphatic heterocycles. The van der Waals surface area contributed by atoms with Gasteiger partial charge in [-0.05, 0) is 36.6 Å². The van der Waals surface area contributed by atoms with E-state index >= 15 is 0 Å². The number of fused-ring (bicyclic) bond motifs is 1. The van der Waals surface area contributed by atoms with Crippen molar-refractivity contribution in [3.63, 3.8) is 0 Å². The lowest BCUT2D eigenvalue weighted by atomic mass is 10.1. The molecule has 0 aliphatic rings. The number of carbonyl (C=O) groups excluding carboxylic acids is 2. The monoisotopic (exact) mass is 466 g/mol. The average molecular weight is 467 g/mol. The number of rotatable bonds is 5. The second kappa shape index (κ2) is 8.94. The molecule has 0 saturated carbocycles. The van der Waals surface area contributed by atoms with Gasteiger partial charge in [0.1, 0.15) is 4.88 Å². The van der Waals surface area contributed by atoms with Crippen molar-refractivity contribution in [3.05, 3.63) is 86.7 Å². The number of aromatic nitrogens is 2. The SMILES string of the molecule is CC(=O)Nc1ncc(C(=O)NC(C)c2cc3cccc(Cl)c3c(=O)n2-c2ccccc2)s1. The minimum atomic E-state index is -0.509. The largest absolute Gasteiger partial charge is 0.343 e. The quantitative estimate of drug-likeness (QED) is 0.451. The van der Waals surface area contributed by atoms with E-state index in [2.05, 4.69) is 15.6 Å². The normalized spacial score (nSPS) is 11.8. The van der Waals surface area contributed by atoms with Crippen LogP contribution in [0.3, 0.4) is 0 Å². The number of benzene rings is 2. The van der Waals surface area contributed by atoms with E-state index in [1.165, 1.54) is 13.1 Å². The Morgan fingerprint density at radius 1 is 1.12 bits per heavy atom. The Balaban J connectivity index is 1.76. The van der Waals surface area contributed by atoms with Gasteiger partial charge in [0.25, 0.3) is 11.5 Å². The van der Waals surface area contributed by atoms with Crippen LogP contribution in [-0.2, 0) is 4.79 Å². The highest BCUT2D eigenvalue weighted by atomic mass is 35.5. The first-order valence-electron chi connectivity index (χ1n) is 9.79. The molecular formula is C23H19ClN4O3S. The van der Waals surface area contributed by atoms with Crippen molar-refractivity contribution in [2.24, 2.45) is 0 Å². The van der Waals surface area contributed by atoms with Crippen molar-refractivity contribution in [1.29, 1.82) is 0 Å². The Labute approximate surface area is 192 Å². The van der Waals surface area contributed by atoms with Gasteiger partial charge in [-0.1, -0.05) is 53.3 Å². The molecule has 2 heterocycles. The molecule has 0 aliphatic carbocycles. The number of hydrogen-bond acceptors (Lipinski definition) is 5. The number of amides is 2. The maximum Gasteiger partial charge on any atom is 0.264 e. The summed E-state index contributed by atoms with van der Waals surface area (Å²) in [6, 6.07) is 15.8. The fourth-order valence-electron chi connectivity index (χ4n) is 3.43. The number of pyridine rings is 1. The molecule has 2 N–H and O–H groups in total. The van der Waals surface area contributed by atoms with Gasteiger partial charge < -0.3 is 10.6 Å². The van der Waals surface area contributed by atoms with Crippen LogP contribution in [0.4, 0.5) is 5.13 Å². The molecule has 0 spiro atoms.